The predicted octanol–water partition coefficient (Wildman–Crippen LogP) is 2.09. The van der Waals surface area contributed by atoms with Crippen molar-refractivity contribution in [3.63, 3.8) is 0 Å². The third kappa shape index (κ3) is 2.82. The number of carbonyl (C=O) groups excluding carboxylic acids is 1. The lowest BCUT2D eigenvalue weighted by atomic mass is 9.93. The van der Waals surface area contributed by atoms with Crippen molar-refractivity contribution in [2.75, 3.05) is 0 Å². The molecule has 1 aromatic rings. The van der Waals surface area contributed by atoms with Gasteiger partial charge in [0.2, 0.25) is 5.91 Å². The minimum Gasteiger partial charge on any atom is -0.366 e. The zero-order valence-electron chi connectivity index (χ0n) is 11.9. The second-order valence-corrected chi connectivity index (χ2v) is 5.66. The van der Waals surface area contributed by atoms with Gasteiger partial charge in [-0.05, 0) is 36.2 Å². The highest BCUT2D eigenvalue weighted by molar-refractivity contribution is 7.80. The van der Waals surface area contributed by atoms with E-state index in [1.807, 2.05) is 19.1 Å². The number of allylic oxidation sites excluding steroid dienone is 1. The number of amides is 1. The second-order valence-electron chi connectivity index (χ2n) is 5.26. The normalized spacial score (nSPS) is 18.8. The van der Waals surface area contributed by atoms with Crippen LogP contribution in [0.15, 0.2) is 35.5 Å². The van der Waals surface area contributed by atoms with E-state index in [1.54, 1.807) is 0 Å². The first-order chi connectivity index (χ1) is 9.40. The molecule has 0 saturated carbocycles. The number of carbonyl (C=O) groups is 1. The Labute approximate surface area is 124 Å². The molecular weight excluding hydrogens is 270 g/mol. The first-order valence-electron chi connectivity index (χ1n) is 6.58. The maximum absolute atomic E-state index is 11.7. The fourth-order valence-corrected chi connectivity index (χ4v) is 2.61. The van der Waals surface area contributed by atoms with E-state index in [-0.39, 0.29) is 6.04 Å². The second kappa shape index (κ2) is 5.63. The van der Waals surface area contributed by atoms with Crippen LogP contribution in [0.5, 0.6) is 0 Å². The molecule has 1 aliphatic heterocycles. The molecule has 0 spiro atoms. The summed E-state index contributed by atoms with van der Waals surface area (Å²) in [4.78, 5) is 11.7. The standard InChI is InChI=1S/C15H19N3OS/c1-8(2)10-4-6-11(7-5-10)13-12(14(16)19)9(3)17-15(20)18-13/h4-8,13H,1-3H3,(H2,16,19)(H2,17,18,20). The lowest BCUT2D eigenvalue weighted by Gasteiger charge is -2.29. The van der Waals surface area contributed by atoms with Gasteiger partial charge in [-0.2, -0.15) is 0 Å². The van der Waals surface area contributed by atoms with Crippen LogP contribution in [0.3, 0.4) is 0 Å². The fraction of sp³-hybridized carbons (Fsp3) is 0.333. The van der Waals surface area contributed by atoms with Gasteiger partial charge >= 0.3 is 0 Å². The van der Waals surface area contributed by atoms with Gasteiger partial charge in [-0.15, -0.1) is 0 Å². The summed E-state index contributed by atoms with van der Waals surface area (Å²) in [6.45, 7) is 6.10. The quantitative estimate of drug-likeness (QED) is 0.745. The Bertz CT molecular complexity index is 575. The number of benzene rings is 1. The molecule has 106 valence electrons. The van der Waals surface area contributed by atoms with E-state index in [1.165, 1.54) is 5.56 Å². The summed E-state index contributed by atoms with van der Waals surface area (Å²) in [6, 6.07) is 7.87. The van der Waals surface area contributed by atoms with Crippen molar-refractivity contribution in [2.24, 2.45) is 5.73 Å². The van der Waals surface area contributed by atoms with Gasteiger partial charge in [-0.1, -0.05) is 38.1 Å². The van der Waals surface area contributed by atoms with E-state index >= 15 is 0 Å². The Kier molecular flexibility index (Phi) is 4.09. The molecule has 1 amide bonds. The third-order valence-electron chi connectivity index (χ3n) is 3.47. The number of nitrogens with two attached hydrogens (primary N) is 1. The van der Waals surface area contributed by atoms with Gasteiger partial charge in [0.1, 0.15) is 0 Å². The molecule has 0 saturated heterocycles. The highest BCUT2D eigenvalue weighted by Gasteiger charge is 2.28. The van der Waals surface area contributed by atoms with Crippen LogP contribution >= 0.6 is 12.2 Å². The monoisotopic (exact) mass is 289 g/mol. The fourth-order valence-electron chi connectivity index (χ4n) is 2.34. The SMILES string of the molecule is CC1=C(C(N)=O)C(c2ccc(C(C)C)cc2)NC(=S)N1. The van der Waals surface area contributed by atoms with Crippen LogP contribution in [0.25, 0.3) is 0 Å². The van der Waals surface area contributed by atoms with Crippen LogP contribution in [0.1, 0.15) is 43.9 Å². The molecule has 1 heterocycles. The van der Waals surface area contributed by atoms with Crippen LogP contribution < -0.4 is 16.4 Å². The van der Waals surface area contributed by atoms with Gasteiger partial charge in [0.15, 0.2) is 5.11 Å². The number of primary amides is 1. The molecule has 0 radical (unpaired) electrons. The molecule has 4 nitrogen and oxygen atoms in total. The van der Waals surface area contributed by atoms with E-state index in [0.717, 1.165) is 5.56 Å². The molecule has 0 aromatic heterocycles. The summed E-state index contributed by atoms with van der Waals surface area (Å²) in [5.41, 5.74) is 8.95. The summed E-state index contributed by atoms with van der Waals surface area (Å²) >= 11 is 5.16. The number of rotatable bonds is 3. The first kappa shape index (κ1) is 14.5. The number of hydrogen-bond acceptors (Lipinski definition) is 2. The predicted molar refractivity (Wildman–Crippen MR) is 84.0 cm³/mol. The minimum atomic E-state index is -0.442. The van der Waals surface area contributed by atoms with Crippen LogP contribution in [-0.4, -0.2) is 11.0 Å². The molecule has 2 rings (SSSR count). The van der Waals surface area contributed by atoms with E-state index in [0.29, 0.717) is 22.3 Å². The zero-order valence-corrected chi connectivity index (χ0v) is 12.7. The van der Waals surface area contributed by atoms with Gasteiger partial charge in [0, 0.05) is 5.70 Å². The summed E-state index contributed by atoms with van der Waals surface area (Å²) in [6.07, 6.45) is 0. The van der Waals surface area contributed by atoms with E-state index < -0.39 is 5.91 Å². The Morgan fingerprint density at radius 1 is 1.30 bits per heavy atom. The molecule has 5 heteroatoms. The van der Waals surface area contributed by atoms with Gasteiger partial charge in [-0.25, -0.2) is 0 Å². The molecule has 1 unspecified atom stereocenters. The Hall–Kier alpha value is -1.88. The van der Waals surface area contributed by atoms with Crippen molar-refractivity contribution in [1.82, 2.24) is 10.6 Å². The molecule has 1 aromatic carbocycles. The average Bonchev–Trinajstić information content (AvgIpc) is 2.37. The van der Waals surface area contributed by atoms with Crippen molar-refractivity contribution in [3.05, 3.63) is 46.7 Å². The van der Waals surface area contributed by atoms with Crippen molar-refractivity contribution in [1.29, 1.82) is 0 Å². The topological polar surface area (TPSA) is 67.2 Å². The highest BCUT2D eigenvalue weighted by atomic mass is 32.1. The summed E-state index contributed by atoms with van der Waals surface area (Å²) in [5.74, 6) is 0.0296. The van der Waals surface area contributed by atoms with E-state index in [4.69, 9.17) is 18.0 Å². The summed E-state index contributed by atoms with van der Waals surface area (Å²) in [5, 5.41) is 6.55. The Morgan fingerprint density at radius 3 is 2.40 bits per heavy atom. The van der Waals surface area contributed by atoms with Crippen molar-refractivity contribution < 1.29 is 4.79 Å². The van der Waals surface area contributed by atoms with Crippen molar-refractivity contribution in [2.45, 2.75) is 32.7 Å². The van der Waals surface area contributed by atoms with Crippen LogP contribution in [0.2, 0.25) is 0 Å². The lowest BCUT2D eigenvalue weighted by molar-refractivity contribution is -0.115. The highest BCUT2D eigenvalue weighted by Crippen LogP contribution is 2.27. The van der Waals surface area contributed by atoms with Crippen LogP contribution in [-0.2, 0) is 4.79 Å². The number of thiocarbonyl (C=S) groups is 1. The van der Waals surface area contributed by atoms with Crippen LogP contribution in [0, 0.1) is 0 Å². The van der Waals surface area contributed by atoms with Crippen molar-refractivity contribution >= 4 is 23.2 Å². The molecule has 1 aliphatic rings. The van der Waals surface area contributed by atoms with E-state index in [2.05, 4.69) is 36.6 Å². The van der Waals surface area contributed by atoms with Gasteiger partial charge in [0.25, 0.3) is 0 Å². The summed E-state index contributed by atoms with van der Waals surface area (Å²) < 4.78 is 0. The maximum Gasteiger partial charge on any atom is 0.248 e. The molecular formula is C15H19N3OS. The minimum absolute atomic E-state index is 0.289. The molecule has 20 heavy (non-hydrogen) atoms. The average molecular weight is 289 g/mol. The van der Waals surface area contributed by atoms with Crippen LogP contribution in [0.4, 0.5) is 0 Å². The molecule has 1 atom stereocenters. The Morgan fingerprint density at radius 2 is 1.90 bits per heavy atom. The molecule has 0 aliphatic carbocycles. The number of nitrogens with one attached hydrogen (secondary N) is 2. The molecule has 4 N–H and O–H groups in total. The van der Waals surface area contributed by atoms with Gasteiger partial charge in [-0.3, -0.25) is 4.79 Å². The maximum atomic E-state index is 11.7. The number of hydrogen-bond donors (Lipinski definition) is 3. The van der Waals surface area contributed by atoms with Crippen molar-refractivity contribution in [3.8, 4) is 0 Å². The van der Waals surface area contributed by atoms with Gasteiger partial charge in [0.05, 0.1) is 11.6 Å². The zero-order chi connectivity index (χ0) is 14.9. The van der Waals surface area contributed by atoms with Gasteiger partial charge < -0.3 is 16.4 Å². The first-order valence-corrected chi connectivity index (χ1v) is 6.99. The largest absolute Gasteiger partial charge is 0.366 e. The lowest BCUT2D eigenvalue weighted by Crippen LogP contribution is -2.46. The molecule has 0 fully saturated rings. The molecule has 0 bridgehead atoms. The smallest absolute Gasteiger partial charge is 0.248 e. The Balaban J connectivity index is 2.41. The summed E-state index contributed by atoms with van der Waals surface area (Å²) in [7, 11) is 0. The van der Waals surface area contributed by atoms with E-state index in [9.17, 15) is 4.79 Å². The third-order valence-corrected chi connectivity index (χ3v) is 3.69.